The van der Waals surface area contributed by atoms with Gasteiger partial charge in [-0.25, -0.2) is 0 Å². The van der Waals surface area contributed by atoms with Crippen LogP contribution in [0.3, 0.4) is 0 Å². The average molecular weight is 247 g/mol. The molecular weight excluding hydrogens is 222 g/mol. The van der Waals surface area contributed by atoms with Crippen molar-refractivity contribution in [2.75, 3.05) is 19.6 Å². The van der Waals surface area contributed by atoms with Crippen molar-refractivity contribution in [3.8, 4) is 0 Å². The van der Waals surface area contributed by atoms with Gasteiger partial charge < -0.3 is 10.0 Å². The van der Waals surface area contributed by atoms with Crippen LogP contribution in [0.1, 0.15) is 43.9 Å². The number of aliphatic hydroxyl groups is 1. The van der Waals surface area contributed by atoms with E-state index in [0.29, 0.717) is 0 Å². The molecule has 2 rings (SSSR count). The average Bonchev–Trinajstić information content (AvgIpc) is 2.38. The molecule has 1 saturated heterocycles. The molecule has 0 aromatic heterocycles. The number of hydrogen-bond donors (Lipinski definition) is 1. The Morgan fingerprint density at radius 2 is 1.83 bits per heavy atom. The molecule has 1 aromatic rings. The van der Waals surface area contributed by atoms with Crippen molar-refractivity contribution in [1.82, 2.24) is 4.90 Å². The van der Waals surface area contributed by atoms with E-state index in [-0.39, 0.29) is 6.10 Å². The maximum Gasteiger partial charge on any atom is 0.0761 e. The first-order valence-electron chi connectivity index (χ1n) is 7.14. The smallest absolute Gasteiger partial charge is 0.0761 e. The van der Waals surface area contributed by atoms with Gasteiger partial charge in [0.15, 0.2) is 0 Å². The molecule has 1 aromatic carbocycles. The van der Waals surface area contributed by atoms with Crippen LogP contribution in [0, 0.1) is 5.92 Å². The van der Waals surface area contributed by atoms with E-state index in [1.54, 1.807) is 0 Å². The van der Waals surface area contributed by atoms with Crippen LogP contribution in [0.4, 0.5) is 0 Å². The fourth-order valence-corrected chi connectivity index (χ4v) is 2.54. The maximum atomic E-state index is 9.46. The number of aliphatic hydroxyl groups excluding tert-OH is 1. The number of hydrogen-bond acceptors (Lipinski definition) is 2. The van der Waals surface area contributed by atoms with E-state index in [9.17, 15) is 5.11 Å². The van der Waals surface area contributed by atoms with Crippen molar-refractivity contribution in [3.05, 3.63) is 35.4 Å². The van der Waals surface area contributed by atoms with E-state index in [0.717, 1.165) is 17.9 Å². The zero-order valence-electron chi connectivity index (χ0n) is 11.6. The molecule has 2 nitrogen and oxygen atoms in total. The third-order valence-electron chi connectivity index (χ3n) is 4.06. The largest absolute Gasteiger partial charge is 0.389 e. The number of nitrogens with zero attached hydrogens (tertiary/aromatic N) is 1. The summed E-state index contributed by atoms with van der Waals surface area (Å²) in [5.74, 6) is 0.909. The Bertz CT molecular complexity index is 350. The molecule has 0 saturated carbocycles. The molecule has 100 valence electrons. The van der Waals surface area contributed by atoms with Crippen molar-refractivity contribution in [2.45, 2.75) is 39.2 Å². The zero-order chi connectivity index (χ0) is 13.0. The predicted molar refractivity (Wildman–Crippen MR) is 75.6 cm³/mol. The molecule has 2 heteroatoms. The van der Waals surface area contributed by atoms with Gasteiger partial charge in [-0.2, -0.15) is 0 Å². The fourth-order valence-electron chi connectivity index (χ4n) is 2.54. The van der Waals surface area contributed by atoms with Gasteiger partial charge in [0.25, 0.3) is 0 Å². The molecule has 1 atom stereocenters. The molecule has 0 bridgehead atoms. The molecular formula is C16H25NO. The third-order valence-corrected chi connectivity index (χ3v) is 4.06. The highest BCUT2D eigenvalue weighted by Crippen LogP contribution is 2.17. The Balaban J connectivity index is 1.79. The molecule has 1 heterocycles. The normalized spacial score (nSPS) is 19.9. The van der Waals surface area contributed by atoms with Gasteiger partial charge in [-0.15, -0.1) is 0 Å². The van der Waals surface area contributed by atoms with Crippen LogP contribution in [-0.2, 0) is 6.42 Å². The van der Waals surface area contributed by atoms with Gasteiger partial charge in [0.2, 0.25) is 0 Å². The van der Waals surface area contributed by atoms with Gasteiger partial charge in [0.05, 0.1) is 6.10 Å². The van der Waals surface area contributed by atoms with Crippen LogP contribution in [0.25, 0.3) is 0 Å². The van der Waals surface area contributed by atoms with Crippen LogP contribution < -0.4 is 0 Å². The topological polar surface area (TPSA) is 23.5 Å². The van der Waals surface area contributed by atoms with E-state index in [4.69, 9.17) is 0 Å². The minimum Gasteiger partial charge on any atom is -0.389 e. The van der Waals surface area contributed by atoms with E-state index < -0.39 is 0 Å². The van der Waals surface area contributed by atoms with Crippen LogP contribution in [0.5, 0.6) is 0 Å². The molecule has 0 radical (unpaired) electrons. The van der Waals surface area contributed by atoms with Gasteiger partial charge in [0.1, 0.15) is 0 Å². The summed E-state index contributed by atoms with van der Waals surface area (Å²) in [6, 6.07) is 8.37. The molecule has 0 amide bonds. The van der Waals surface area contributed by atoms with Gasteiger partial charge in [-0.3, -0.25) is 0 Å². The van der Waals surface area contributed by atoms with E-state index in [1.807, 2.05) is 19.1 Å². The lowest BCUT2D eigenvalue weighted by Crippen LogP contribution is -2.34. The summed E-state index contributed by atoms with van der Waals surface area (Å²) in [4.78, 5) is 2.57. The lowest BCUT2D eigenvalue weighted by molar-refractivity contribution is 0.194. The second kappa shape index (κ2) is 6.35. The van der Waals surface area contributed by atoms with Crippen LogP contribution >= 0.6 is 0 Å². The van der Waals surface area contributed by atoms with Gasteiger partial charge >= 0.3 is 0 Å². The van der Waals surface area contributed by atoms with E-state index >= 15 is 0 Å². The molecule has 1 aliphatic rings. The fraction of sp³-hybridized carbons (Fsp3) is 0.625. The minimum atomic E-state index is -0.359. The molecule has 1 fully saturated rings. The number of piperidine rings is 1. The van der Waals surface area contributed by atoms with Crippen molar-refractivity contribution in [2.24, 2.45) is 5.92 Å². The highest BCUT2D eigenvalue weighted by molar-refractivity contribution is 5.24. The second-order valence-electron chi connectivity index (χ2n) is 5.69. The Morgan fingerprint density at radius 3 is 2.39 bits per heavy atom. The molecule has 1 unspecified atom stereocenters. The van der Waals surface area contributed by atoms with E-state index in [2.05, 4.69) is 24.0 Å². The van der Waals surface area contributed by atoms with Crippen LogP contribution in [-0.4, -0.2) is 29.6 Å². The summed E-state index contributed by atoms with van der Waals surface area (Å²) in [6.07, 6.45) is 3.46. The standard InChI is InChI=1S/C16H25NO/c1-13-7-10-17(11-8-13)12-9-15-3-5-16(6-4-15)14(2)18/h3-6,13-14,18H,7-12H2,1-2H3. The summed E-state index contributed by atoms with van der Waals surface area (Å²) in [5, 5.41) is 9.46. The SMILES string of the molecule is CC1CCN(CCc2ccc(C(C)O)cc2)CC1. The third kappa shape index (κ3) is 3.82. The molecule has 0 aliphatic carbocycles. The lowest BCUT2D eigenvalue weighted by Gasteiger charge is -2.30. The van der Waals surface area contributed by atoms with Gasteiger partial charge in [-0.1, -0.05) is 31.2 Å². The first-order chi connectivity index (χ1) is 8.65. The Morgan fingerprint density at radius 1 is 1.22 bits per heavy atom. The van der Waals surface area contributed by atoms with Gasteiger partial charge in [0, 0.05) is 6.54 Å². The summed E-state index contributed by atoms with van der Waals surface area (Å²) in [5.41, 5.74) is 2.38. The molecule has 18 heavy (non-hydrogen) atoms. The minimum absolute atomic E-state index is 0.359. The van der Waals surface area contributed by atoms with Crippen molar-refractivity contribution in [1.29, 1.82) is 0 Å². The molecule has 1 N–H and O–H groups in total. The number of likely N-dealkylation sites (tertiary alicyclic amines) is 1. The first kappa shape index (κ1) is 13.6. The zero-order valence-corrected chi connectivity index (χ0v) is 11.6. The summed E-state index contributed by atoms with van der Waals surface area (Å²) in [6.45, 7) is 7.84. The summed E-state index contributed by atoms with van der Waals surface area (Å²) >= 11 is 0. The van der Waals surface area contributed by atoms with E-state index in [1.165, 1.54) is 38.0 Å². The Hall–Kier alpha value is -0.860. The second-order valence-corrected chi connectivity index (χ2v) is 5.69. The Labute approximate surface area is 111 Å². The van der Waals surface area contributed by atoms with Crippen LogP contribution in [0.2, 0.25) is 0 Å². The predicted octanol–water partition coefficient (Wildman–Crippen LogP) is 3.01. The van der Waals surface area contributed by atoms with Crippen molar-refractivity contribution < 1.29 is 5.11 Å². The molecule has 0 spiro atoms. The highest BCUT2D eigenvalue weighted by atomic mass is 16.3. The first-order valence-corrected chi connectivity index (χ1v) is 7.14. The monoisotopic (exact) mass is 247 g/mol. The molecule has 1 aliphatic heterocycles. The van der Waals surface area contributed by atoms with Gasteiger partial charge in [-0.05, 0) is 56.3 Å². The summed E-state index contributed by atoms with van der Waals surface area (Å²) < 4.78 is 0. The number of rotatable bonds is 4. The number of benzene rings is 1. The van der Waals surface area contributed by atoms with Crippen LogP contribution in [0.15, 0.2) is 24.3 Å². The maximum absolute atomic E-state index is 9.46. The Kier molecular flexibility index (Phi) is 4.79. The summed E-state index contributed by atoms with van der Waals surface area (Å²) in [7, 11) is 0. The highest BCUT2D eigenvalue weighted by Gasteiger charge is 2.14. The lowest BCUT2D eigenvalue weighted by atomic mass is 9.99. The van der Waals surface area contributed by atoms with Crippen molar-refractivity contribution in [3.63, 3.8) is 0 Å². The quantitative estimate of drug-likeness (QED) is 0.884. The van der Waals surface area contributed by atoms with Crippen molar-refractivity contribution >= 4 is 0 Å².